The molecule has 2 saturated heterocycles. The van der Waals surface area contributed by atoms with Crippen molar-refractivity contribution in [2.24, 2.45) is 0 Å². The third-order valence-corrected chi connectivity index (χ3v) is 13.9. The summed E-state index contributed by atoms with van der Waals surface area (Å²) in [7, 11) is 0. The minimum Gasteiger partial charge on any atom is -0.394 e. The van der Waals surface area contributed by atoms with Crippen molar-refractivity contribution in [1.29, 1.82) is 0 Å². The van der Waals surface area contributed by atoms with Crippen LogP contribution in [0, 0.1) is 0 Å². The van der Waals surface area contributed by atoms with E-state index in [4.69, 9.17) is 18.9 Å². The number of hydrogen-bond donors (Lipinski definition) is 9. The van der Waals surface area contributed by atoms with Crippen molar-refractivity contribution < 1.29 is 64.6 Å². The molecule has 0 aromatic heterocycles. The van der Waals surface area contributed by atoms with E-state index >= 15 is 0 Å². The first-order valence-corrected chi connectivity index (χ1v) is 28.1. The second kappa shape index (κ2) is 41.9. The number of unbranched alkanes of at least 4 members (excludes halogenated alkanes) is 29. The van der Waals surface area contributed by atoms with Crippen LogP contribution in [0.5, 0.6) is 0 Å². The van der Waals surface area contributed by atoms with Gasteiger partial charge in [0.2, 0.25) is 5.91 Å². The van der Waals surface area contributed by atoms with Crippen LogP contribution in [0.1, 0.15) is 226 Å². The predicted molar refractivity (Wildman–Crippen MR) is 272 cm³/mol. The van der Waals surface area contributed by atoms with Gasteiger partial charge in [0.15, 0.2) is 12.6 Å². The van der Waals surface area contributed by atoms with Gasteiger partial charge in [-0.15, -0.1) is 0 Å². The van der Waals surface area contributed by atoms with Gasteiger partial charge in [-0.05, 0) is 44.9 Å². The Kier molecular flexibility index (Phi) is 38.6. The molecular formula is C55H103NO13. The summed E-state index contributed by atoms with van der Waals surface area (Å²) in [5.74, 6) is -0.240. The molecular weight excluding hydrogens is 883 g/mol. The Morgan fingerprint density at radius 3 is 1.38 bits per heavy atom. The van der Waals surface area contributed by atoms with Gasteiger partial charge < -0.3 is 65.1 Å². The summed E-state index contributed by atoms with van der Waals surface area (Å²) in [6.07, 6.45) is 30.8. The average Bonchev–Trinajstić information content (AvgIpc) is 3.35. The number of carbonyl (C=O) groups is 1. The van der Waals surface area contributed by atoms with Crippen LogP contribution < -0.4 is 5.32 Å². The zero-order chi connectivity index (χ0) is 50.3. The van der Waals surface area contributed by atoms with Crippen molar-refractivity contribution in [3.8, 4) is 0 Å². The lowest BCUT2D eigenvalue weighted by molar-refractivity contribution is -0.359. The summed E-state index contributed by atoms with van der Waals surface area (Å²) in [4.78, 5) is 13.2. The van der Waals surface area contributed by atoms with Gasteiger partial charge in [-0.1, -0.05) is 199 Å². The van der Waals surface area contributed by atoms with Crippen LogP contribution in [-0.2, 0) is 23.7 Å². The van der Waals surface area contributed by atoms with E-state index in [1.54, 1.807) is 6.08 Å². The third-order valence-electron chi connectivity index (χ3n) is 13.9. The number of aliphatic hydroxyl groups is 8. The molecule has 14 heteroatoms. The maximum Gasteiger partial charge on any atom is 0.220 e. The molecule has 9 N–H and O–H groups in total. The highest BCUT2D eigenvalue weighted by Gasteiger charge is 2.51. The first-order valence-electron chi connectivity index (χ1n) is 28.1. The normalized spacial score (nSPS) is 26.3. The highest BCUT2D eigenvalue weighted by atomic mass is 16.7. The van der Waals surface area contributed by atoms with Crippen LogP contribution >= 0.6 is 0 Å². The number of hydrogen-bond acceptors (Lipinski definition) is 13. The first-order chi connectivity index (χ1) is 33.6. The quantitative estimate of drug-likeness (QED) is 0.0206. The number of carbonyl (C=O) groups excluding carboxylic acids is 1. The van der Waals surface area contributed by atoms with E-state index in [9.17, 15) is 45.6 Å². The van der Waals surface area contributed by atoms with Crippen molar-refractivity contribution in [1.82, 2.24) is 5.32 Å². The molecule has 2 rings (SSSR count). The Balaban J connectivity index is 1.75. The maximum absolute atomic E-state index is 13.2. The second-order valence-electron chi connectivity index (χ2n) is 20.1. The molecule has 12 atom stereocenters. The molecule has 0 radical (unpaired) electrons. The van der Waals surface area contributed by atoms with Crippen LogP contribution in [0.3, 0.4) is 0 Å². The summed E-state index contributed by atoms with van der Waals surface area (Å²) >= 11 is 0. The molecule has 1 amide bonds. The average molecular weight is 986 g/mol. The van der Waals surface area contributed by atoms with Crippen LogP contribution in [0.2, 0.25) is 0 Å². The largest absolute Gasteiger partial charge is 0.394 e. The standard InChI is InChI=1S/C55H103NO13/c1-3-5-7-9-11-13-15-17-18-19-20-21-22-23-24-25-26-27-29-31-33-35-37-39-47(60)56-43(44(59)38-36-34-32-30-28-16-14-12-10-8-6-4-2)42-66-54-52(65)50(63)53(46(41-58)68-54)69-55-51(64)49(62)48(61)45(40-57)67-55/h19-20,36,38,43-46,48-55,57-59,61-65H,3-18,21-35,37,39-42H2,1-2H3,(H,56,60)/b20-19-,38-36+. The summed E-state index contributed by atoms with van der Waals surface area (Å²) in [5, 5.41) is 86.8. The van der Waals surface area contributed by atoms with E-state index in [0.29, 0.717) is 6.42 Å². The molecule has 2 aliphatic heterocycles. The van der Waals surface area contributed by atoms with E-state index < -0.39 is 86.8 Å². The highest BCUT2D eigenvalue weighted by Crippen LogP contribution is 2.30. The molecule has 12 unspecified atom stereocenters. The highest BCUT2D eigenvalue weighted by molar-refractivity contribution is 5.76. The molecule has 69 heavy (non-hydrogen) atoms. The molecule has 0 aliphatic carbocycles. The fourth-order valence-electron chi connectivity index (χ4n) is 9.29. The van der Waals surface area contributed by atoms with Gasteiger partial charge in [-0.25, -0.2) is 0 Å². The van der Waals surface area contributed by atoms with Crippen LogP contribution in [0.15, 0.2) is 24.3 Å². The summed E-state index contributed by atoms with van der Waals surface area (Å²) in [6, 6.07) is -0.911. The van der Waals surface area contributed by atoms with Gasteiger partial charge in [0, 0.05) is 6.42 Å². The van der Waals surface area contributed by atoms with Crippen LogP contribution in [-0.4, -0.2) is 140 Å². The fraction of sp³-hybridized carbons (Fsp3) is 0.909. The lowest BCUT2D eigenvalue weighted by Gasteiger charge is -2.46. The fourth-order valence-corrected chi connectivity index (χ4v) is 9.29. The van der Waals surface area contributed by atoms with E-state index in [1.807, 2.05) is 6.08 Å². The molecule has 0 saturated carbocycles. The zero-order valence-electron chi connectivity index (χ0n) is 43.3. The number of amides is 1. The Morgan fingerprint density at radius 2 is 0.913 bits per heavy atom. The second-order valence-corrected chi connectivity index (χ2v) is 20.1. The smallest absolute Gasteiger partial charge is 0.220 e. The van der Waals surface area contributed by atoms with Gasteiger partial charge in [0.05, 0.1) is 32.0 Å². The Labute approximate surface area is 418 Å². The third kappa shape index (κ3) is 28.5. The Hall–Kier alpha value is -1.53. The maximum atomic E-state index is 13.2. The summed E-state index contributed by atoms with van der Waals surface area (Å²) in [6.45, 7) is 2.79. The number of nitrogens with one attached hydrogen (secondary N) is 1. The van der Waals surface area contributed by atoms with Crippen molar-refractivity contribution in [3.05, 3.63) is 24.3 Å². The number of rotatable bonds is 44. The number of aliphatic hydroxyl groups excluding tert-OH is 8. The van der Waals surface area contributed by atoms with Crippen molar-refractivity contribution in [2.45, 2.75) is 299 Å². The summed E-state index contributed by atoms with van der Waals surface area (Å²) < 4.78 is 22.7. The summed E-state index contributed by atoms with van der Waals surface area (Å²) in [5.41, 5.74) is 0. The minimum atomic E-state index is -1.79. The van der Waals surface area contributed by atoms with Crippen LogP contribution in [0.25, 0.3) is 0 Å². The lowest BCUT2D eigenvalue weighted by atomic mass is 9.97. The van der Waals surface area contributed by atoms with E-state index in [-0.39, 0.29) is 18.9 Å². The number of allylic oxidation sites excluding steroid dienone is 3. The van der Waals surface area contributed by atoms with Gasteiger partial charge in [-0.3, -0.25) is 4.79 Å². The Bertz CT molecular complexity index is 1260. The van der Waals surface area contributed by atoms with Crippen molar-refractivity contribution >= 4 is 5.91 Å². The molecule has 0 spiro atoms. The molecule has 0 aromatic rings. The molecule has 0 bridgehead atoms. The predicted octanol–water partition coefficient (Wildman–Crippen LogP) is 8.50. The van der Waals surface area contributed by atoms with Gasteiger partial charge >= 0.3 is 0 Å². The van der Waals surface area contributed by atoms with Gasteiger partial charge in [-0.2, -0.15) is 0 Å². The zero-order valence-corrected chi connectivity index (χ0v) is 43.3. The van der Waals surface area contributed by atoms with Crippen molar-refractivity contribution in [2.75, 3.05) is 19.8 Å². The molecule has 2 fully saturated rings. The molecule has 14 nitrogen and oxygen atoms in total. The minimum absolute atomic E-state index is 0.240. The van der Waals surface area contributed by atoms with E-state index in [1.165, 1.54) is 161 Å². The van der Waals surface area contributed by atoms with Crippen molar-refractivity contribution in [3.63, 3.8) is 0 Å². The molecule has 0 aromatic carbocycles. The molecule has 2 aliphatic rings. The molecule has 2 heterocycles. The van der Waals surface area contributed by atoms with E-state index in [0.717, 1.165) is 38.5 Å². The number of ether oxygens (including phenoxy) is 4. The van der Waals surface area contributed by atoms with Gasteiger partial charge in [0.1, 0.15) is 48.8 Å². The SMILES string of the molecule is CCCCCCCCCC/C=C\CCCCCCCCCCCCCC(=O)NC(COC1OC(CO)C(OC2OC(CO)C(O)C(O)C2O)C(O)C1O)C(O)/C=C/CCCCCCCCCCCC. The molecule has 406 valence electrons. The Morgan fingerprint density at radius 1 is 0.507 bits per heavy atom. The first kappa shape index (κ1) is 63.6. The topological polar surface area (TPSA) is 228 Å². The van der Waals surface area contributed by atoms with Crippen LogP contribution in [0.4, 0.5) is 0 Å². The van der Waals surface area contributed by atoms with Gasteiger partial charge in [0.25, 0.3) is 0 Å². The monoisotopic (exact) mass is 986 g/mol. The lowest BCUT2D eigenvalue weighted by Crippen LogP contribution is -2.65. The van der Waals surface area contributed by atoms with E-state index in [2.05, 4.69) is 31.3 Å².